The standard InChI is InChI=1S/C9H8O4/c10-6-1-2-7-5(3-6)4-8(13-7)9(11)12/h1-3,8,10H,4H2,(H,11,12)/t8-/m1/s1. The molecular formula is C9H8O4. The van der Waals surface area contributed by atoms with E-state index in [2.05, 4.69) is 0 Å². The maximum atomic E-state index is 10.6. The lowest BCUT2D eigenvalue weighted by molar-refractivity contribution is -0.144. The van der Waals surface area contributed by atoms with Crippen LogP contribution in [0.15, 0.2) is 18.2 Å². The number of ether oxygens (including phenoxy) is 1. The van der Waals surface area contributed by atoms with Gasteiger partial charge in [-0.25, -0.2) is 4.79 Å². The summed E-state index contributed by atoms with van der Waals surface area (Å²) in [6.45, 7) is 0. The zero-order valence-corrected chi connectivity index (χ0v) is 6.73. The van der Waals surface area contributed by atoms with E-state index in [-0.39, 0.29) is 5.75 Å². The molecule has 1 heterocycles. The quantitative estimate of drug-likeness (QED) is 0.670. The Morgan fingerprint density at radius 2 is 2.31 bits per heavy atom. The summed E-state index contributed by atoms with van der Waals surface area (Å²) in [7, 11) is 0. The smallest absolute Gasteiger partial charge is 0.345 e. The van der Waals surface area contributed by atoms with Gasteiger partial charge in [0.2, 0.25) is 0 Å². The average Bonchev–Trinajstić information content (AvgIpc) is 2.46. The van der Waals surface area contributed by atoms with Gasteiger partial charge in [-0.15, -0.1) is 0 Å². The van der Waals surface area contributed by atoms with E-state index in [0.717, 1.165) is 5.56 Å². The molecule has 1 aromatic carbocycles. The normalized spacial score (nSPS) is 19.2. The SMILES string of the molecule is O=C(O)[C@H]1Cc2cc(O)ccc2O1. The number of aliphatic carboxylic acids is 1. The minimum absolute atomic E-state index is 0.133. The van der Waals surface area contributed by atoms with Crippen molar-refractivity contribution in [3.8, 4) is 11.5 Å². The Balaban J connectivity index is 2.30. The minimum Gasteiger partial charge on any atom is -0.508 e. The molecule has 0 aromatic heterocycles. The van der Waals surface area contributed by atoms with Crippen LogP contribution in [0.4, 0.5) is 0 Å². The third-order valence-corrected chi connectivity index (χ3v) is 1.99. The number of carboxylic acids is 1. The van der Waals surface area contributed by atoms with Gasteiger partial charge in [0.1, 0.15) is 11.5 Å². The molecule has 1 aliphatic heterocycles. The van der Waals surface area contributed by atoms with Crippen molar-refractivity contribution in [2.24, 2.45) is 0 Å². The van der Waals surface area contributed by atoms with Gasteiger partial charge >= 0.3 is 5.97 Å². The molecule has 4 nitrogen and oxygen atoms in total. The highest BCUT2D eigenvalue weighted by atomic mass is 16.5. The number of rotatable bonds is 1. The van der Waals surface area contributed by atoms with Crippen LogP contribution in [0.1, 0.15) is 5.56 Å². The predicted molar refractivity (Wildman–Crippen MR) is 43.9 cm³/mol. The molecule has 0 aliphatic carbocycles. The summed E-state index contributed by atoms with van der Waals surface area (Å²) in [4.78, 5) is 10.6. The zero-order chi connectivity index (χ0) is 9.42. The molecule has 0 bridgehead atoms. The summed E-state index contributed by atoms with van der Waals surface area (Å²) in [6.07, 6.45) is -0.490. The van der Waals surface area contributed by atoms with E-state index >= 15 is 0 Å². The monoisotopic (exact) mass is 180 g/mol. The minimum atomic E-state index is -0.976. The van der Waals surface area contributed by atoms with Crippen molar-refractivity contribution in [3.05, 3.63) is 23.8 Å². The molecular weight excluding hydrogens is 172 g/mol. The summed E-state index contributed by atoms with van der Waals surface area (Å²) in [5, 5.41) is 17.8. The molecule has 2 rings (SSSR count). The van der Waals surface area contributed by atoms with Crippen LogP contribution in [0.25, 0.3) is 0 Å². The first-order chi connectivity index (χ1) is 6.16. The first-order valence-corrected chi connectivity index (χ1v) is 3.88. The van der Waals surface area contributed by atoms with E-state index in [1.807, 2.05) is 0 Å². The lowest BCUT2D eigenvalue weighted by Crippen LogP contribution is -2.24. The number of fused-ring (bicyclic) bond motifs is 1. The Labute approximate surface area is 74.4 Å². The number of hydrogen-bond acceptors (Lipinski definition) is 3. The first-order valence-electron chi connectivity index (χ1n) is 3.88. The summed E-state index contributed by atoms with van der Waals surface area (Å²) in [5.41, 5.74) is 0.743. The van der Waals surface area contributed by atoms with E-state index in [4.69, 9.17) is 14.9 Å². The van der Waals surface area contributed by atoms with Gasteiger partial charge in [-0.05, 0) is 18.2 Å². The molecule has 0 unspecified atom stereocenters. The molecule has 0 radical (unpaired) electrons. The van der Waals surface area contributed by atoms with Gasteiger partial charge in [0, 0.05) is 12.0 Å². The van der Waals surface area contributed by atoms with E-state index < -0.39 is 12.1 Å². The van der Waals surface area contributed by atoms with Crippen molar-refractivity contribution in [2.45, 2.75) is 12.5 Å². The van der Waals surface area contributed by atoms with Crippen molar-refractivity contribution in [2.75, 3.05) is 0 Å². The van der Waals surface area contributed by atoms with E-state index in [9.17, 15) is 4.79 Å². The maximum Gasteiger partial charge on any atom is 0.345 e. The van der Waals surface area contributed by atoms with Crippen molar-refractivity contribution in [1.29, 1.82) is 0 Å². The lowest BCUT2D eigenvalue weighted by Gasteiger charge is -2.02. The molecule has 0 amide bonds. The second kappa shape index (κ2) is 2.65. The van der Waals surface area contributed by atoms with Crippen molar-refractivity contribution >= 4 is 5.97 Å². The van der Waals surface area contributed by atoms with Gasteiger partial charge < -0.3 is 14.9 Å². The molecule has 1 aliphatic rings. The molecule has 0 saturated heterocycles. The highest BCUT2D eigenvalue weighted by molar-refractivity contribution is 5.74. The van der Waals surface area contributed by atoms with E-state index in [1.165, 1.54) is 12.1 Å². The first kappa shape index (κ1) is 7.91. The number of benzene rings is 1. The Morgan fingerprint density at radius 1 is 1.54 bits per heavy atom. The van der Waals surface area contributed by atoms with Crippen molar-refractivity contribution in [3.63, 3.8) is 0 Å². The summed E-state index contributed by atoms with van der Waals surface area (Å²) in [6, 6.07) is 4.58. The lowest BCUT2D eigenvalue weighted by atomic mass is 10.1. The van der Waals surface area contributed by atoms with Crippen molar-refractivity contribution < 1.29 is 19.7 Å². The van der Waals surface area contributed by atoms with Crippen LogP contribution in [-0.2, 0) is 11.2 Å². The highest BCUT2D eigenvalue weighted by Crippen LogP contribution is 2.31. The molecule has 0 spiro atoms. The van der Waals surface area contributed by atoms with E-state index in [0.29, 0.717) is 12.2 Å². The Hall–Kier alpha value is -1.71. The average molecular weight is 180 g/mol. The summed E-state index contributed by atoms with van der Waals surface area (Å²) >= 11 is 0. The Bertz CT molecular complexity index is 359. The molecule has 68 valence electrons. The van der Waals surface area contributed by atoms with E-state index in [1.54, 1.807) is 6.07 Å². The molecule has 2 N–H and O–H groups in total. The number of phenols is 1. The fourth-order valence-electron chi connectivity index (χ4n) is 1.37. The van der Waals surface area contributed by atoms with Crippen LogP contribution in [0.5, 0.6) is 11.5 Å². The van der Waals surface area contributed by atoms with Gasteiger partial charge in [-0.3, -0.25) is 0 Å². The Morgan fingerprint density at radius 3 is 3.00 bits per heavy atom. The summed E-state index contributed by atoms with van der Waals surface area (Å²) in [5.74, 6) is -0.297. The second-order valence-corrected chi connectivity index (χ2v) is 2.94. The topological polar surface area (TPSA) is 66.8 Å². The fraction of sp³-hybridized carbons (Fsp3) is 0.222. The third kappa shape index (κ3) is 1.30. The predicted octanol–water partition coefficient (Wildman–Crippen LogP) is 0.780. The van der Waals surface area contributed by atoms with Gasteiger partial charge in [-0.2, -0.15) is 0 Å². The van der Waals surface area contributed by atoms with Crippen LogP contribution in [0, 0.1) is 0 Å². The molecule has 4 heteroatoms. The number of carbonyl (C=O) groups is 1. The molecule has 0 fully saturated rings. The number of carboxylic acid groups (broad SMARTS) is 1. The van der Waals surface area contributed by atoms with Gasteiger partial charge in [0.05, 0.1) is 0 Å². The van der Waals surface area contributed by atoms with Crippen LogP contribution < -0.4 is 4.74 Å². The highest BCUT2D eigenvalue weighted by Gasteiger charge is 2.28. The molecule has 13 heavy (non-hydrogen) atoms. The van der Waals surface area contributed by atoms with Crippen LogP contribution in [0.2, 0.25) is 0 Å². The van der Waals surface area contributed by atoms with Gasteiger partial charge in [0.25, 0.3) is 0 Å². The maximum absolute atomic E-state index is 10.6. The summed E-state index contributed by atoms with van der Waals surface area (Å²) < 4.78 is 5.11. The van der Waals surface area contributed by atoms with Crippen molar-refractivity contribution in [1.82, 2.24) is 0 Å². The Kier molecular flexibility index (Phi) is 1.62. The van der Waals surface area contributed by atoms with Crippen LogP contribution in [0.3, 0.4) is 0 Å². The zero-order valence-electron chi connectivity index (χ0n) is 6.73. The third-order valence-electron chi connectivity index (χ3n) is 1.99. The largest absolute Gasteiger partial charge is 0.508 e. The van der Waals surface area contributed by atoms with Crippen LogP contribution >= 0.6 is 0 Å². The molecule has 1 atom stereocenters. The van der Waals surface area contributed by atoms with Gasteiger partial charge in [0.15, 0.2) is 6.10 Å². The second-order valence-electron chi connectivity index (χ2n) is 2.94. The van der Waals surface area contributed by atoms with Crippen LogP contribution in [-0.4, -0.2) is 22.3 Å². The fourth-order valence-corrected chi connectivity index (χ4v) is 1.37. The molecule has 1 aromatic rings. The number of hydrogen-bond donors (Lipinski definition) is 2. The van der Waals surface area contributed by atoms with Gasteiger partial charge in [-0.1, -0.05) is 0 Å². The number of aromatic hydroxyl groups is 1. The molecule has 0 saturated carbocycles. The number of phenolic OH excluding ortho intramolecular Hbond substituents is 1.